The lowest BCUT2D eigenvalue weighted by Crippen LogP contribution is -2.38. The molecule has 3 N–H and O–H groups in total. The molecule has 5 rings (SSSR count). The van der Waals surface area contributed by atoms with Gasteiger partial charge in [-0.15, -0.1) is 18.3 Å². The van der Waals surface area contributed by atoms with Gasteiger partial charge in [0, 0.05) is 12.1 Å². The molecule has 0 aliphatic carbocycles. The molecule has 1 atom stereocenters. The van der Waals surface area contributed by atoms with Crippen LogP contribution in [0.5, 0.6) is 5.75 Å². The van der Waals surface area contributed by atoms with E-state index in [-0.39, 0.29) is 17.4 Å². The van der Waals surface area contributed by atoms with Gasteiger partial charge in [0.25, 0.3) is 0 Å². The predicted octanol–water partition coefficient (Wildman–Crippen LogP) is 5.91. The minimum Gasteiger partial charge on any atom is -0.406 e. The highest BCUT2D eigenvalue weighted by molar-refractivity contribution is 8.14. The number of aromatic nitrogens is 3. The SMILES string of the molecule is Cc1cccc(C)c1N=C(N/N=C/c1ccc(-c2ncn(-c3ccc(OC(F)(F)F)cc3)n2)cc1)SCC(=O)NC[C@@H]1CCCNC1. The van der Waals surface area contributed by atoms with E-state index in [1.54, 1.807) is 6.21 Å². The smallest absolute Gasteiger partial charge is 0.406 e. The number of nitrogens with zero attached hydrogens (tertiary/aromatic N) is 5. The Morgan fingerprint density at radius 3 is 2.53 bits per heavy atom. The summed E-state index contributed by atoms with van der Waals surface area (Å²) in [5.41, 5.74) is 7.95. The van der Waals surface area contributed by atoms with E-state index in [0.717, 1.165) is 53.9 Å². The van der Waals surface area contributed by atoms with Crippen LogP contribution < -0.4 is 20.8 Å². The molecule has 3 aromatic carbocycles. The second kappa shape index (κ2) is 15.7. The second-order valence-corrected chi connectivity index (χ2v) is 12.0. The molecule has 0 bridgehead atoms. The maximum Gasteiger partial charge on any atom is 0.573 e. The number of nitrogens with one attached hydrogen (secondary N) is 3. The maximum atomic E-state index is 12.6. The molecule has 0 saturated carbocycles. The molecule has 14 heteroatoms. The standard InChI is InChI=1S/C33H35F3N8O2S/c1-22-5-3-6-23(2)30(22)41-32(47-20-29(45)38-18-25-7-4-16-37-17-25)42-40-19-24-8-10-26(11-9-24)31-39-21-44(43-31)27-12-14-28(15-13-27)46-33(34,35)36/h3,5-6,8-15,19,21,25,37H,4,7,16-18,20H2,1-2H3,(H,38,45)(H,41,42)/b40-19+/t25-/m1/s1. The fourth-order valence-electron chi connectivity index (χ4n) is 4.92. The first-order valence-corrected chi connectivity index (χ1v) is 16.0. The number of benzene rings is 3. The normalized spacial score (nSPS) is 15.5. The number of aliphatic imine (C=N–C) groups is 1. The third-order valence-corrected chi connectivity index (χ3v) is 8.21. The van der Waals surface area contributed by atoms with E-state index in [9.17, 15) is 18.0 Å². The van der Waals surface area contributed by atoms with Gasteiger partial charge in [-0.25, -0.2) is 14.7 Å². The molecule has 1 amide bonds. The molecule has 246 valence electrons. The summed E-state index contributed by atoms with van der Waals surface area (Å²) < 4.78 is 42.7. The minimum absolute atomic E-state index is 0.0558. The number of ether oxygens (including phenoxy) is 1. The van der Waals surface area contributed by atoms with Crippen LogP contribution in [0.2, 0.25) is 0 Å². The summed E-state index contributed by atoms with van der Waals surface area (Å²) in [4.78, 5) is 21.8. The number of rotatable bonds is 10. The Bertz CT molecular complexity index is 1680. The Labute approximate surface area is 274 Å². The van der Waals surface area contributed by atoms with Crippen LogP contribution in [0.3, 0.4) is 0 Å². The summed E-state index contributed by atoms with van der Waals surface area (Å²) in [7, 11) is 0. The molecule has 1 fully saturated rings. The van der Waals surface area contributed by atoms with Crippen LogP contribution in [0.1, 0.15) is 29.5 Å². The topological polar surface area (TPSA) is 118 Å². The Morgan fingerprint density at radius 2 is 1.85 bits per heavy atom. The van der Waals surface area contributed by atoms with E-state index < -0.39 is 6.36 Å². The fraction of sp³-hybridized carbons (Fsp3) is 0.303. The van der Waals surface area contributed by atoms with Crippen molar-refractivity contribution < 1.29 is 22.7 Å². The Balaban J connectivity index is 1.21. The monoisotopic (exact) mass is 664 g/mol. The van der Waals surface area contributed by atoms with Gasteiger partial charge in [0.05, 0.1) is 23.3 Å². The summed E-state index contributed by atoms with van der Waals surface area (Å²) in [6.07, 6.45) is 0.610. The van der Waals surface area contributed by atoms with Gasteiger partial charge in [-0.3, -0.25) is 10.2 Å². The molecule has 0 unspecified atom stereocenters. The van der Waals surface area contributed by atoms with Crippen molar-refractivity contribution in [3.05, 3.63) is 89.7 Å². The van der Waals surface area contributed by atoms with E-state index >= 15 is 0 Å². The van der Waals surface area contributed by atoms with Gasteiger partial charge in [0.2, 0.25) is 5.91 Å². The van der Waals surface area contributed by atoms with Gasteiger partial charge in [-0.05, 0) is 86.7 Å². The van der Waals surface area contributed by atoms with E-state index in [2.05, 4.69) is 36.0 Å². The fourth-order valence-corrected chi connectivity index (χ4v) is 5.56. The molecular weight excluding hydrogens is 629 g/mol. The van der Waals surface area contributed by atoms with Crippen molar-refractivity contribution >= 4 is 34.7 Å². The first-order chi connectivity index (χ1) is 22.6. The van der Waals surface area contributed by atoms with Crippen molar-refractivity contribution in [2.75, 3.05) is 25.4 Å². The van der Waals surface area contributed by atoms with E-state index in [0.29, 0.717) is 29.1 Å². The number of carbonyl (C=O) groups excluding carboxylic acids is 1. The summed E-state index contributed by atoms with van der Waals surface area (Å²) >= 11 is 1.29. The molecule has 1 aliphatic heterocycles. The maximum absolute atomic E-state index is 12.6. The molecule has 10 nitrogen and oxygen atoms in total. The zero-order valence-electron chi connectivity index (χ0n) is 25.9. The number of halogens is 3. The summed E-state index contributed by atoms with van der Waals surface area (Å²) in [6.45, 7) is 6.59. The molecular formula is C33H35F3N8O2S. The molecule has 2 heterocycles. The van der Waals surface area contributed by atoms with E-state index in [4.69, 9.17) is 4.99 Å². The number of hydrazone groups is 1. The highest BCUT2D eigenvalue weighted by atomic mass is 32.2. The summed E-state index contributed by atoms with van der Waals surface area (Å²) in [6, 6.07) is 18.7. The number of carbonyl (C=O) groups is 1. The Morgan fingerprint density at radius 1 is 1.11 bits per heavy atom. The van der Waals surface area contributed by atoms with Gasteiger partial charge in [0.1, 0.15) is 12.1 Å². The lowest BCUT2D eigenvalue weighted by atomic mass is 10.00. The number of amidine groups is 1. The van der Waals surface area contributed by atoms with Crippen molar-refractivity contribution in [2.24, 2.45) is 16.0 Å². The Hall–Kier alpha value is -4.69. The quantitative estimate of drug-likeness (QED) is 0.110. The van der Waals surface area contributed by atoms with Gasteiger partial charge in [0.15, 0.2) is 11.0 Å². The van der Waals surface area contributed by atoms with Crippen molar-refractivity contribution in [2.45, 2.75) is 33.1 Å². The predicted molar refractivity (Wildman–Crippen MR) is 178 cm³/mol. The largest absolute Gasteiger partial charge is 0.573 e. The number of para-hydroxylation sites is 1. The lowest BCUT2D eigenvalue weighted by molar-refractivity contribution is -0.274. The molecule has 1 aromatic heterocycles. The molecule has 4 aromatic rings. The molecule has 1 saturated heterocycles. The van der Waals surface area contributed by atoms with Crippen molar-refractivity contribution in [1.82, 2.24) is 30.8 Å². The molecule has 47 heavy (non-hydrogen) atoms. The third-order valence-electron chi connectivity index (χ3n) is 7.35. The van der Waals surface area contributed by atoms with Crippen molar-refractivity contribution in [1.29, 1.82) is 0 Å². The zero-order valence-corrected chi connectivity index (χ0v) is 26.7. The van der Waals surface area contributed by atoms with Crippen LogP contribution in [-0.4, -0.2) is 63.8 Å². The van der Waals surface area contributed by atoms with Crippen LogP contribution in [0.15, 0.2) is 83.2 Å². The number of hydrogen-bond donors (Lipinski definition) is 3. The van der Waals surface area contributed by atoms with Crippen molar-refractivity contribution in [3.8, 4) is 22.8 Å². The zero-order chi connectivity index (χ0) is 33.2. The molecule has 0 radical (unpaired) electrons. The number of amides is 1. The summed E-state index contributed by atoms with van der Waals surface area (Å²) in [5, 5.41) is 15.7. The van der Waals surface area contributed by atoms with Crippen molar-refractivity contribution in [3.63, 3.8) is 0 Å². The number of hydrogen-bond acceptors (Lipinski definition) is 8. The van der Waals surface area contributed by atoms with Crippen LogP contribution in [0.25, 0.3) is 17.1 Å². The number of piperidine rings is 1. The minimum atomic E-state index is -4.76. The second-order valence-electron chi connectivity index (χ2n) is 11.0. The lowest BCUT2D eigenvalue weighted by Gasteiger charge is -2.22. The van der Waals surface area contributed by atoms with Crippen LogP contribution in [0.4, 0.5) is 18.9 Å². The molecule has 0 spiro atoms. The van der Waals surface area contributed by atoms with Crippen LogP contribution in [-0.2, 0) is 4.79 Å². The van der Waals surface area contributed by atoms with Gasteiger partial charge in [-0.2, -0.15) is 5.10 Å². The van der Waals surface area contributed by atoms with Gasteiger partial charge >= 0.3 is 6.36 Å². The van der Waals surface area contributed by atoms with Crippen LogP contribution >= 0.6 is 11.8 Å². The first kappa shape index (κ1) is 33.7. The number of thioether (sulfide) groups is 1. The summed E-state index contributed by atoms with van der Waals surface area (Å²) in [5.74, 6) is 0.721. The number of alkyl halides is 3. The first-order valence-electron chi connectivity index (χ1n) is 15.1. The molecule has 1 aliphatic rings. The average molecular weight is 665 g/mol. The Kier molecular flexibility index (Phi) is 11.3. The van der Waals surface area contributed by atoms with Crippen LogP contribution in [0, 0.1) is 19.8 Å². The third kappa shape index (κ3) is 10.1. The van der Waals surface area contributed by atoms with Gasteiger partial charge in [-0.1, -0.05) is 54.2 Å². The average Bonchev–Trinajstić information content (AvgIpc) is 3.55. The van der Waals surface area contributed by atoms with Gasteiger partial charge < -0.3 is 15.4 Å². The number of aryl methyl sites for hydroxylation is 2. The highest BCUT2D eigenvalue weighted by Crippen LogP contribution is 2.25. The van der Waals surface area contributed by atoms with E-state index in [1.165, 1.54) is 47.0 Å². The highest BCUT2D eigenvalue weighted by Gasteiger charge is 2.31. The van der Waals surface area contributed by atoms with E-state index in [1.807, 2.05) is 56.3 Å².